The minimum Gasteiger partial charge on any atom is -0.494 e. The first-order chi connectivity index (χ1) is 11.0. The lowest BCUT2D eigenvalue weighted by atomic mass is 9.95. The highest BCUT2D eigenvalue weighted by atomic mass is 16.5. The fourth-order valence-corrected chi connectivity index (χ4v) is 2.81. The van der Waals surface area contributed by atoms with E-state index in [0.717, 1.165) is 12.2 Å². The third kappa shape index (κ3) is 5.00. The molecule has 0 aromatic heterocycles. The summed E-state index contributed by atoms with van der Waals surface area (Å²) in [4.78, 5) is 2.11. The second kappa shape index (κ2) is 8.02. The highest BCUT2D eigenvalue weighted by molar-refractivity contribution is 5.48. The Balaban J connectivity index is 1.98. The van der Waals surface area contributed by atoms with Gasteiger partial charge in [-0.15, -0.1) is 0 Å². The van der Waals surface area contributed by atoms with Gasteiger partial charge in [-0.3, -0.25) is 0 Å². The monoisotopic (exact) mass is 312 g/mol. The maximum atomic E-state index is 5.99. The standard InChI is InChI=1S/C20H28N2O/c1-15-10-16(2)12-20(11-15)23-9-8-18(14-21)17-6-5-7-19(13-17)22(3)4/h5-7,10-13,18H,8-9,14,21H2,1-4H3. The van der Waals surface area contributed by atoms with Crippen molar-refractivity contribution in [2.45, 2.75) is 26.2 Å². The molecule has 0 heterocycles. The number of nitrogens with zero attached hydrogens (tertiary/aromatic N) is 1. The Kier molecular flexibility index (Phi) is 6.05. The van der Waals surface area contributed by atoms with Crippen LogP contribution in [0.5, 0.6) is 5.75 Å². The molecule has 0 amide bonds. The fraction of sp³-hybridized carbons (Fsp3) is 0.400. The molecular formula is C20H28N2O. The van der Waals surface area contributed by atoms with Gasteiger partial charge in [0.1, 0.15) is 5.75 Å². The van der Waals surface area contributed by atoms with Crippen molar-refractivity contribution in [3.8, 4) is 5.75 Å². The summed E-state index contributed by atoms with van der Waals surface area (Å²) < 4.78 is 5.93. The van der Waals surface area contributed by atoms with E-state index in [1.807, 2.05) is 0 Å². The van der Waals surface area contributed by atoms with Crippen LogP contribution in [0, 0.1) is 13.8 Å². The molecule has 1 unspecified atom stereocenters. The zero-order chi connectivity index (χ0) is 16.8. The highest BCUT2D eigenvalue weighted by Gasteiger charge is 2.11. The number of hydrogen-bond donors (Lipinski definition) is 1. The van der Waals surface area contributed by atoms with Crippen LogP contribution in [0.15, 0.2) is 42.5 Å². The lowest BCUT2D eigenvalue weighted by Gasteiger charge is -2.19. The molecular weight excluding hydrogens is 284 g/mol. The van der Waals surface area contributed by atoms with Crippen molar-refractivity contribution in [3.63, 3.8) is 0 Å². The smallest absolute Gasteiger partial charge is 0.119 e. The Bertz CT molecular complexity index is 617. The highest BCUT2D eigenvalue weighted by Crippen LogP contribution is 2.24. The third-order valence-corrected chi connectivity index (χ3v) is 4.07. The van der Waals surface area contributed by atoms with Crippen LogP contribution in [-0.2, 0) is 0 Å². The molecule has 1 atom stereocenters. The summed E-state index contributed by atoms with van der Waals surface area (Å²) in [5.41, 5.74) is 10.9. The number of rotatable bonds is 7. The van der Waals surface area contributed by atoms with E-state index in [2.05, 4.69) is 75.3 Å². The molecule has 124 valence electrons. The Labute approximate surface area is 140 Å². The predicted molar refractivity (Wildman–Crippen MR) is 98.6 cm³/mol. The Morgan fingerprint density at radius 3 is 2.35 bits per heavy atom. The average molecular weight is 312 g/mol. The van der Waals surface area contributed by atoms with Gasteiger partial charge in [0.15, 0.2) is 0 Å². The Morgan fingerprint density at radius 1 is 1.04 bits per heavy atom. The van der Waals surface area contributed by atoms with Gasteiger partial charge in [0.2, 0.25) is 0 Å². The molecule has 3 nitrogen and oxygen atoms in total. The number of anilines is 1. The topological polar surface area (TPSA) is 38.5 Å². The van der Waals surface area contributed by atoms with Gasteiger partial charge >= 0.3 is 0 Å². The van der Waals surface area contributed by atoms with Crippen molar-refractivity contribution in [1.29, 1.82) is 0 Å². The normalized spacial score (nSPS) is 12.0. The number of hydrogen-bond acceptors (Lipinski definition) is 3. The molecule has 0 spiro atoms. The molecule has 23 heavy (non-hydrogen) atoms. The van der Waals surface area contributed by atoms with E-state index in [-0.39, 0.29) is 0 Å². The second-order valence-corrected chi connectivity index (χ2v) is 6.38. The van der Waals surface area contributed by atoms with E-state index in [1.165, 1.54) is 22.4 Å². The Hall–Kier alpha value is -2.00. The molecule has 0 saturated carbocycles. The van der Waals surface area contributed by atoms with Crippen molar-refractivity contribution in [2.24, 2.45) is 5.73 Å². The van der Waals surface area contributed by atoms with Crippen molar-refractivity contribution in [3.05, 3.63) is 59.2 Å². The molecule has 0 aliphatic carbocycles. The summed E-state index contributed by atoms with van der Waals surface area (Å²) in [6.45, 7) is 5.49. The molecule has 0 bridgehead atoms. The second-order valence-electron chi connectivity index (χ2n) is 6.38. The number of ether oxygens (including phenoxy) is 1. The molecule has 0 radical (unpaired) electrons. The zero-order valence-corrected chi connectivity index (χ0v) is 14.7. The van der Waals surface area contributed by atoms with Crippen molar-refractivity contribution in [1.82, 2.24) is 0 Å². The summed E-state index contributed by atoms with van der Waals surface area (Å²) >= 11 is 0. The van der Waals surface area contributed by atoms with Gasteiger partial charge in [0.25, 0.3) is 0 Å². The first kappa shape index (κ1) is 17.4. The third-order valence-electron chi connectivity index (χ3n) is 4.07. The van der Waals surface area contributed by atoms with E-state index < -0.39 is 0 Å². The Morgan fingerprint density at radius 2 is 1.74 bits per heavy atom. The van der Waals surface area contributed by atoms with Crippen LogP contribution in [0.3, 0.4) is 0 Å². The van der Waals surface area contributed by atoms with Crippen LogP contribution in [0.2, 0.25) is 0 Å². The lowest BCUT2D eigenvalue weighted by Crippen LogP contribution is -2.16. The zero-order valence-electron chi connectivity index (χ0n) is 14.7. The van der Waals surface area contributed by atoms with Crippen LogP contribution in [-0.4, -0.2) is 27.2 Å². The SMILES string of the molecule is Cc1cc(C)cc(OCCC(CN)c2cccc(N(C)C)c2)c1. The molecule has 2 aromatic rings. The molecule has 2 aromatic carbocycles. The average Bonchev–Trinajstić information content (AvgIpc) is 2.51. The summed E-state index contributed by atoms with van der Waals surface area (Å²) in [6.07, 6.45) is 0.917. The van der Waals surface area contributed by atoms with Crippen LogP contribution >= 0.6 is 0 Å². The van der Waals surface area contributed by atoms with Crippen molar-refractivity contribution in [2.75, 3.05) is 32.1 Å². The van der Waals surface area contributed by atoms with E-state index >= 15 is 0 Å². The molecule has 0 aliphatic rings. The van der Waals surface area contributed by atoms with Gasteiger partial charge in [-0.25, -0.2) is 0 Å². The first-order valence-corrected chi connectivity index (χ1v) is 8.18. The van der Waals surface area contributed by atoms with Gasteiger partial charge in [-0.05, 0) is 73.7 Å². The lowest BCUT2D eigenvalue weighted by molar-refractivity contribution is 0.298. The summed E-state index contributed by atoms with van der Waals surface area (Å²) in [5, 5.41) is 0. The van der Waals surface area contributed by atoms with Crippen LogP contribution < -0.4 is 15.4 Å². The quantitative estimate of drug-likeness (QED) is 0.843. The van der Waals surface area contributed by atoms with Crippen LogP contribution in [0.4, 0.5) is 5.69 Å². The molecule has 3 heteroatoms. The number of aryl methyl sites for hydroxylation is 2. The van der Waals surface area contributed by atoms with Gasteiger partial charge in [0, 0.05) is 19.8 Å². The van der Waals surface area contributed by atoms with E-state index in [0.29, 0.717) is 19.1 Å². The first-order valence-electron chi connectivity index (χ1n) is 8.18. The molecule has 0 aliphatic heterocycles. The van der Waals surface area contributed by atoms with Gasteiger partial charge in [0.05, 0.1) is 6.61 Å². The molecule has 0 saturated heterocycles. The van der Waals surface area contributed by atoms with Gasteiger partial charge < -0.3 is 15.4 Å². The largest absolute Gasteiger partial charge is 0.494 e. The van der Waals surface area contributed by atoms with E-state index in [9.17, 15) is 0 Å². The van der Waals surface area contributed by atoms with Crippen LogP contribution in [0.25, 0.3) is 0 Å². The van der Waals surface area contributed by atoms with E-state index in [1.54, 1.807) is 0 Å². The van der Waals surface area contributed by atoms with Gasteiger partial charge in [-0.2, -0.15) is 0 Å². The molecule has 2 rings (SSSR count). The van der Waals surface area contributed by atoms with E-state index in [4.69, 9.17) is 10.5 Å². The molecule has 2 N–H and O–H groups in total. The molecule has 0 fully saturated rings. The van der Waals surface area contributed by atoms with Crippen LogP contribution in [0.1, 0.15) is 29.0 Å². The predicted octanol–water partition coefficient (Wildman–Crippen LogP) is 3.88. The summed E-state index contributed by atoms with van der Waals surface area (Å²) in [6, 6.07) is 14.9. The number of benzene rings is 2. The maximum absolute atomic E-state index is 5.99. The van der Waals surface area contributed by atoms with Gasteiger partial charge in [-0.1, -0.05) is 18.2 Å². The minimum absolute atomic E-state index is 0.320. The summed E-state index contributed by atoms with van der Waals surface area (Å²) in [7, 11) is 4.11. The van der Waals surface area contributed by atoms with Crippen molar-refractivity contribution < 1.29 is 4.74 Å². The van der Waals surface area contributed by atoms with Crippen molar-refractivity contribution >= 4 is 5.69 Å². The number of nitrogens with two attached hydrogens (primary N) is 1. The fourth-order valence-electron chi connectivity index (χ4n) is 2.81. The maximum Gasteiger partial charge on any atom is 0.119 e. The minimum atomic E-state index is 0.320. The summed E-state index contributed by atoms with van der Waals surface area (Å²) in [5.74, 6) is 1.26.